The van der Waals surface area contributed by atoms with Gasteiger partial charge in [0.15, 0.2) is 11.5 Å². The second-order valence-electron chi connectivity index (χ2n) is 7.81. The molecule has 7 nitrogen and oxygen atoms in total. The molecule has 0 N–H and O–H groups in total. The van der Waals surface area contributed by atoms with Crippen LogP contribution in [0.1, 0.15) is 45.6 Å². The van der Waals surface area contributed by atoms with Crippen molar-refractivity contribution >= 4 is 17.6 Å². The van der Waals surface area contributed by atoms with Crippen molar-refractivity contribution in [3.05, 3.63) is 27.8 Å². The maximum Gasteiger partial charge on any atom is 0.282 e. The summed E-state index contributed by atoms with van der Waals surface area (Å²) < 4.78 is 10.5. The Bertz CT molecular complexity index is 815. The number of nitro benzene ring substituents is 1. The Balaban J connectivity index is 1.64. The van der Waals surface area contributed by atoms with Gasteiger partial charge in [-0.3, -0.25) is 10.1 Å². The molecule has 0 amide bonds. The van der Waals surface area contributed by atoms with Crippen LogP contribution in [0.2, 0.25) is 0 Å². The number of nitrogens with zero attached hydrogens (tertiary/aromatic N) is 3. The molecule has 4 rings (SSSR count). The van der Waals surface area contributed by atoms with Gasteiger partial charge in [0.2, 0.25) is 6.79 Å². The molecule has 2 fully saturated rings. The number of hydrogen-bond donors (Lipinski definition) is 0. The van der Waals surface area contributed by atoms with Gasteiger partial charge in [0.05, 0.1) is 22.8 Å². The van der Waals surface area contributed by atoms with Crippen molar-refractivity contribution < 1.29 is 14.4 Å². The van der Waals surface area contributed by atoms with Gasteiger partial charge < -0.3 is 9.47 Å². The van der Waals surface area contributed by atoms with Crippen molar-refractivity contribution in [2.75, 3.05) is 6.79 Å². The van der Waals surface area contributed by atoms with Crippen LogP contribution in [-0.2, 0) is 0 Å². The van der Waals surface area contributed by atoms with Crippen LogP contribution in [0.3, 0.4) is 0 Å². The lowest BCUT2D eigenvalue weighted by Gasteiger charge is -2.34. The molecular weight excluding hydrogens is 322 g/mol. The summed E-state index contributed by atoms with van der Waals surface area (Å²) in [5.41, 5.74) is 1.70. The summed E-state index contributed by atoms with van der Waals surface area (Å²) >= 11 is 0. The second kappa shape index (κ2) is 5.28. The Labute approximate surface area is 145 Å². The molecule has 0 saturated heterocycles. The average Bonchev–Trinajstić information content (AvgIpc) is 3.15. The van der Waals surface area contributed by atoms with E-state index in [-0.39, 0.29) is 23.3 Å². The summed E-state index contributed by atoms with van der Waals surface area (Å²) in [5, 5.41) is 19.9. The van der Waals surface area contributed by atoms with Crippen LogP contribution >= 0.6 is 0 Å². The summed E-state index contributed by atoms with van der Waals surface area (Å²) in [6, 6.07) is 2.95. The van der Waals surface area contributed by atoms with Gasteiger partial charge in [0, 0.05) is 11.1 Å². The number of ether oxygens (including phenoxy) is 2. The Kier molecular flexibility index (Phi) is 3.39. The minimum Gasteiger partial charge on any atom is -0.454 e. The topological polar surface area (TPSA) is 86.3 Å². The number of nitro groups is 1. The van der Waals surface area contributed by atoms with E-state index in [0.717, 1.165) is 18.6 Å². The Hall–Kier alpha value is -2.44. The molecule has 132 valence electrons. The molecule has 0 unspecified atom stereocenters. The van der Waals surface area contributed by atoms with Crippen molar-refractivity contribution in [3.8, 4) is 11.5 Å². The van der Waals surface area contributed by atoms with E-state index in [0.29, 0.717) is 23.0 Å². The molecule has 1 aromatic carbocycles. The standard InChI is InChI=1S/C18H21N3O4/c1-17(2)12-4-5-18(17,3)16(7-12)20-19-9-11-6-14-15(25-10-24-14)8-13(11)21(22)23/h6,8-9,12H,4-5,7,10H2,1-3H3/b19-9-,20-16+/t12-,18-/m1/s1. The Morgan fingerprint density at radius 3 is 2.60 bits per heavy atom. The fraction of sp³-hybridized carbons (Fsp3) is 0.556. The van der Waals surface area contributed by atoms with Crippen molar-refractivity contribution in [1.29, 1.82) is 0 Å². The minimum absolute atomic E-state index is 0.0623. The van der Waals surface area contributed by atoms with Gasteiger partial charge in [-0.25, -0.2) is 0 Å². The third kappa shape index (κ3) is 2.25. The summed E-state index contributed by atoms with van der Waals surface area (Å²) in [7, 11) is 0. The molecule has 7 heteroatoms. The molecule has 1 aliphatic heterocycles. The molecule has 1 heterocycles. The van der Waals surface area contributed by atoms with Crippen LogP contribution in [0, 0.1) is 26.9 Å². The van der Waals surface area contributed by atoms with E-state index in [1.54, 1.807) is 6.07 Å². The van der Waals surface area contributed by atoms with Gasteiger partial charge in [-0.05, 0) is 36.7 Å². The van der Waals surface area contributed by atoms with Crippen molar-refractivity contribution in [2.45, 2.75) is 40.0 Å². The first kappa shape index (κ1) is 16.1. The van der Waals surface area contributed by atoms with Crippen LogP contribution in [0.5, 0.6) is 11.5 Å². The third-order valence-electron chi connectivity index (χ3n) is 6.61. The molecule has 2 aliphatic carbocycles. The van der Waals surface area contributed by atoms with Crippen LogP contribution in [0.15, 0.2) is 22.3 Å². The van der Waals surface area contributed by atoms with Crippen molar-refractivity contribution in [3.63, 3.8) is 0 Å². The molecule has 0 radical (unpaired) electrons. The predicted molar refractivity (Wildman–Crippen MR) is 93.5 cm³/mol. The zero-order valence-corrected chi connectivity index (χ0v) is 14.6. The van der Waals surface area contributed by atoms with E-state index in [2.05, 4.69) is 31.0 Å². The van der Waals surface area contributed by atoms with Crippen LogP contribution in [0.25, 0.3) is 0 Å². The first-order chi connectivity index (χ1) is 11.8. The van der Waals surface area contributed by atoms with Crippen LogP contribution in [0.4, 0.5) is 5.69 Å². The molecule has 0 spiro atoms. The molecule has 2 atom stereocenters. The number of hydrogen-bond acceptors (Lipinski definition) is 6. The van der Waals surface area contributed by atoms with Gasteiger partial charge in [0.25, 0.3) is 5.69 Å². The molecule has 2 saturated carbocycles. The molecule has 2 bridgehead atoms. The van der Waals surface area contributed by atoms with E-state index in [9.17, 15) is 10.1 Å². The minimum atomic E-state index is -0.446. The van der Waals surface area contributed by atoms with Gasteiger partial charge >= 0.3 is 0 Å². The highest BCUT2D eigenvalue weighted by Gasteiger charge is 2.59. The SMILES string of the molecule is CC1(C)[C@@H]2CC[C@]1(C)/C(=N/N=C\c1cc3c(cc1[N+](=O)[O-])OCO3)C2. The highest BCUT2D eigenvalue weighted by atomic mass is 16.7. The quantitative estimate of drug-likeness (QED) is 0.472. The Morgan fingerprint density at radius 1 is 1.28 bits per heavy atom. The lowest BCUT2D eigenvalue weighted by Crippen LogP contribution is -2.32. The van der Waals surface area contributed by atoms with Crippen molar-refractivity contribution in [2.24, 2.45) is 27.0 Å². The van der Waals surface area contributed by atoms with Crippen LogP contribution in [-0.4, -0.2) is 23.6 Å². The first-order valence-corrected chi connectivity index (χ1v) is 8.51. The maximum absolute atomic E-state index is 11.3. The highest BCUT2D eigenvalue weighted by Crippen LogP contribution is 2.64. The summed E-state index contributed by atoms with van der Waals surface area (Å²) in [5.74, 6) is 1.52. The normalized spacial score (nSPS) is 30.5. The lowest BCUT2D eigenvalue weighted by atomic mass is 9.70. The maximum atomic E-state index is 11.3. The first-order valence-electron chi connectivity index (χ1n) is 8.51. The average molecular weight is 343 g/mol. The summed E-state index contributed by atoms with van der Waals surface area (Å²) in [6.45, 7) is 6.95. The van der Waals surface area contributed by atoms with Gasteiger partial charge in [-0.15, -0.1) is 0 Å². The fourth-order valence-electron chi connectivity index (χ4n) is 4.45. The summed E-state index contributed by atoms with van der Waals surface area (Å²) in [6.07, 6.45) is 4.77. The largest absolute Gasteiger partial charge is 0.454 e. The number of fused-ring (bicyclic) bond motifs is 3. The summed E-state index contributed by atoms with van der Waals surface area (Å²) in [4.78, 5) is 10.8. The molecule has 1 aromatic rings. The van der Waals surface area contributed by atoms with E-state index in [4.69, 9.17) is 9.47 Å². The number of benzene rings is 1. The molecule has 25 heavy (non-hydrogen) atoms. The molecular formula is C18H21N3O4. The van der Waals surface area contributed by atoms with E-state index in [1.165, 1.54) is 18.7 Å². The van der Waals surface area contributed by atoms with Crippen molar-refractivity contribution in [1.82, 2.24) is 0 Å². The highest BCUT2D eigenvalue weighted by molar-refractivity contribution is 5.95. The van der Waals surface area contributed by atoms with Gasteiger partial charge in [-0.1, -0.05) is 20.8 Å². The van der Waals surface area contributed by atoms with E-state index < -0.39 is 4.92 Å². The zero-order valence-electron chi connectivity index (χ0n) is 14.6. The monoisotopic (exact) mass is 343 g/mol. The van der Waals surface area contributed by atoms with Crippen LogP contribution < -0.4 is 9.47 Å². The molecule has 0 aromatic heterocycles. The predicted octanol–water partition coefficient (Wildman–Crippen LogP) is 3.94. The Morgan fingerprint density at radius 2 is 2.00 bits per heavy atom. The number of rotatable bonds is 3. The zero-order chi connectivity index (χ0) is 17.8. The smallest absolute Gasteiger partial charge is 0.282 e. The lowest BCUT2D eigenvalue weighted by molar-refractivity contribution is -0.385. The van der Waals surface area contributed by atoms with Gasteiger partial charge in [-0.2, -0.15) is 10.2 Å². The van der Waals surface area contributed by atoms with Gasteiger partial charge in [0.1, 0.15) is 0 Å². The van der Waals surface area contributed by atoms with E-state index in [1.807, 2.05) is 0 Å². The second-order valence-corrected chi connectivity index (χ2v) is 7.81. The van der Waals surface area contributed by atoms with E-state index >= 15 is 0 Å². The molecule has 3 aliphatic rings. The third-order valence-corrected chi connectivity index (χ3v) is 6.61. The fourth-order valence-corrected chi connectivity index (χ4v) is 4.45.